The van der Waals surface area contributed by atoms with E-state index in [1.807, 2.05) is 0 Å². The van der Waals surface area contributed by atoms with Crippen LogP contribution in [0.1, 0.15) is 10.6 Å². The zero-order valence-corrected chi connectivity index (χ0v) is 11.9. The summed E-state index contributed by atoms with van der Waals surface area (Å²) in [6.45, 7) is 0.952. The number of fused-ring (bicyclic) bond motifs is 1. The van der Waals surface area contributed by atoms with E-state index in [4.69, 9.17) is 19.6 Å². The van der Waals surface area contributed by atoms with Crippen molar-refractivity contribution in [1.82, 2.24) is 0 Å². The Balaban J connectivity index is 1.85. The molecule has 0 saturated heterocycles. The lowest BCUT2D eigenvalue weighted by atomic mass is 10.2. The second kappa shape index (κ2) is 5.09. The molecule has 2 aromatic rings. The van der Waals surface area contributed by atoms with E-state index < -0.39 is 0 Å². The molecular weight excluding hydrogens is 328 g/mol. The van der Waals surface area contributed by atoms with Crippen LogP contribution < -0.4 is 20.5 Å². The van der Waals surface area contributed by atoms with Crippen molar-refractivity contribution in [3.05, 3.63) is 34.7 Å². The number of furan rings is 1. The molecule has 1 aromatic heterocycles. The smallest absolute Gasteiger partial charge is 0.291 e. The van der Waals surface area contributed by atoms with E-state index in [1.54, 1.807) is 24.3 Å². The number of nitrogens with one attached hydrogen (secondary N) is 1. The lowest BCUT2D eigenvalue weighted by Crippen LogP contribution is -2.17. The minimum absolute atomic E-state index is 0.186. The standard InChI is InChI=1S/C13H11BrN2O4/c14-12-2-1-9(20-12)13(17)16-8-6-11-10(5-7(8)15)18-3-4-19-11/h1-2,5-6H,3-4,15H2,(H,16,17). The number of nitrogens with two attached hydrogens (primary N) is 1. The van der Waals surface area contributed by atoms with Crippen molar-refractivity contribution in [1.29, 1.82) is 0 Å². The zero-order valence-electron chi connectivity index (χ0n) is 10.3. The van der Waals surface area contributed by atoms with Gasteiger partial charge in [-0.2, -0.15) is 0 Å². The predicted molar refractivity (Wildman–Crippen MR) is 76.2 cm³/mol. The maximum atomic E-state index is 12.0. The lowest BCUT2D eigenvalue weighted by Gasteiger charge is -2.20. The maximum Gasteiger partial charge on any atom is 0.291 e. The van der Waals surface area contributed by atoms with E-state index >= 15 is 0 Å². The average molecular weight is 339 g/mol. The number of halogens is 1. The van der Waals surface area contributed by atoms with Gasteiger partial charge >= 0.3 is 0 Å². The van der Waals surface area contributed by atoms with Crippen LogP contribution in [0.25, 0.3) is 0 Å². The van der Waals surface area contributed by atoms with Gasteiger partial charge in [-0.1, -0.05) is 0 Å². The first kappa shape index (κ1) is 12.9. The number of amides is 1. The van der Waals surface area contributed by atoms with Gasteiger partial charge in [0.05, 0.1) is 11.4 Å². The Morgan fingerprint density at radius 1 is 1.20 bits per heavy atom. The summed E-state index contributed by atoms with van der Waals surface area (Å²) in [6.07, 6.45) is 0. The van der Waals surface area contributed by atoms with Crippen LogP contribution >= 0.6 is 15.9 Å². The highest BCUT2D eigenvalue weighted by Crippen LogP contribution is 2.37. The molecule has 0 atom stereocenters. The Kier molecular flexibility index (Phi) is 3.27. The largest absolute Gasteiger partial charge is 0.486 e. The average Bonchev–Trinajstić information content (AvgIpc) is 2.86. The first-order valence-electron chi connectivity index (χ1n) is 5.89. The number of carbonyl (C=O) groups excluding carboxylic acids is 1. The van der Waals surface area contributed by atoms with Gasteiger partial charge in [0.2, 0.25) is 0 Å². The molecule has 0 unspecified atom stereocenters. The van der Waals surface area contributed by atoms with E-state index in [0.717, 1.165) is 0 Å². The fourth-order valence-corrected chi connectivity index (χ4v) is 2.14. The number of rotatable bonds is 2. The van der Waals surface area contributed by atoms with Gasteiger partial charge in [0, 0.05) is 12.1 Å². The van der Waals surface area contributed by atoms with E-state index in [9.17, 15) is 4.79 Å². The van der Waals surface area contributed by atoms with Gasteiger partial charge < -0.3 is 24.9 Å². The fraction of sp³-hybridized carbons (Fsp3) is 0.154. The molecular formula is C13H11BrN2O4. The molecule has 0 aliphatic carbocycles. The van der Waals surface area contributed by atoms with E-state index in [-0.39, 0.29) is 11.7 Å². The third kappa shape index (κ3) is 2.44. The highest BCUT2D eigenvalue weighted by molar-refractivity contribution is 9.10. The van der Waals surface area contributed by atoms with Crippen molar-refractivity contribution in [2.45, 2.75) is 0 Å². The normalized spacial score (nSPS) is 13.1. The Labute approximate surface area is 123 Å². The summed E-state index contributed by atoms with van der Waals surface area (Å²) in [5, 5.41) is 2.68. The van der Waals surface area contributed by atoms with Crippen molar-refractivity contribution in [2.75, 3.05) is 24.3 Å². The summed E-state index contributed by atoms with van der Waals surface area (Å²) in [5.74, 6) is 0.930. The molecule has 6 nitrogen and oxygen atoms in total. The van der Waals surface area contributed by atoms with Crippen LogP contribution in [0.4, 0.5) is 11.4 Å². The van der Waals surface area contributed by atoms with Gasteiger partial charge in [0.1, 0.15) is 13.2 Å². The molecule has 0 spiro atoms. The number of hydrogen-bond donors (Lipinski definition) is 2. The molecule has 7 heteroatoms. The van der Waals surface area contributed by atoms with E-state index in [2.05, 4.69) is 21.2 Å². The maximum absolute atomic E-state index is 12.0. The van der Waals surface area contributed by atoms with Crippen LogP contribution in [-0.4, -0.2) is 19.1 Å². The van der Waals surface area contributed by atoms with Gasteiger partial charge in [-0.15, -0.1) is 0 Å². The molecule has 0 radical (unpaired) electrons. The summed E-state index contributed by atoms with van der Waals surface area (Å²) in [4.78, 5) is 12.0. The monoisotopic (exact) mass is 338 g/mol. The molecule has 0 saturated carbocycles. The van der Waals surface area contributed by atoms with Crippen LogP contribution in [0.5, 0.6) is 11.5 Å². The van der Waals surface area contributed by atoms with Crippen LogP contribution in [0, 0.1) is 0 Å². The molecule has 2 heterocycles. The van der Waals surface area contributed by atoms with Crippen molar-refractivity contribution in [3.8, 4) is 11.5 Å². The molecule has 0 fully saturated rings. The first-order valence-corrected chi connectivity index (χ1v) is 6.68. The van der Waals surface area contributed by atoms with Crippen molar-refractivity contribution in [3.63, 3.8) is 0 Å². The number of nitrogen functional groups attached to an aromatic ring is 1. The quantitative estimate of drug-likeness (QED) is 0.822. The lowest BCUT2D eigenvalue weighted by molar-refractivity contribution is 0.0995. The van der Waals surface area contributed by atoms with Crippen LogP contribution in [0.3, 0.4) is 0 Å². The fourth-order valence-electron chi connectivity index (χ4n) is 1.83. The molecule has 1 aliphatic rings. The van der Waals surface area contributed by atoms with Crippen LogP contribution in [-0.2, 0) is 0 Å². The molecule has 1 aromatic carbocycles. The summed E-state index contributed by atoms with van der Waals surface area (Å²) in [6, 6.07) is 6.47. The van der Waals surface area contributed by atoms with Gasteiger partial charge in [-0.25, -0.2) is 0 Å². The molecule has 0 bridgehead atoms. The Hall–Kier alpha value is -2.15. The van der Waals surface area contributed by atoms with Gasteiger partial charge in [0.15, 0.2) is 21.9 Å². The summed E-state index contributed by atoms with van der Waals surface area (Å²) in [7, 11) is 0. The Morgan fingerprint density at radius 2 is 1.90 bits per heavy atom. The van der Waals surface area contributed by atoms with E-state index in [1.165, 1.54) is 0 Å². The summed E-state index contributed by atoms with van der Waals surface area (Å²) < 4.78 is 16.5. The van der Waals surface area contributed by atoms with Crippen LogP contribution in [0.15, 0.2) is 33.4 Å². The predicted octanol–water partition coefficient (Wildman–Crippen LogP) is 2.65. The highest BCUT2D eigenvalue weighted by Gasteiger charge is 2.17. The number of anilines is 2. The number of carbonyl (C=O) groups is 1. The first-order chi connectivity index (χ1) is 9.63. The van der Waals surface area contributed by atoms with Crippen LogP contribution in [0.2, 0.25) is 0 Å². The second-order valence-electron chi connectivity index (χ2n) is 4.14. The summed E-state index contributed by atoms with van der Waals surface area (Å²) >= 11 is 3.14. The van der Waals surface area contributed by atoms with Gasteiger partial charge in [-0.3, -0.25) is 4.79 Å². The molecule has 1 amide bonds. The SMILES string of the molecule is Nc1cc2c(cc1NC(=O)c1ccc(Br)o1)OCCO2. The third-order valence-electron chi connectivity index (χ3n) is 2.76. The van der Waals surface area contributed by atoms with Gasteiger partial charge in [0.25, 0.3) is 5.91 Å². The summed E-state index contributed by atoms with van der Waals surface area (Å²) in [5.41, 5.74) is 6.73. The van der Waals surface area contributed by atoms with Crippen molar-refractivity contribution in [2.24, 2.45) is 0 Å². The van der Waals surface area contributed by atoms with E-state index in [0.29, 0.717) is 40.8 Å². The second-order valence-corrected chi connectivity index (χ2v) is 4.92. The minimum Gasteiger partial charge on any atom is -0.486 e. The third-order valence-corrected chi connectivity index (χ3v) is 3.19. The minimum atomic E-state index is -0.390. The molecule has 1 aliphatic heterocycles. The molecule has 3 N–H and O–H groups in total. The number of benzene rings is 1. The van der Waals surface area contributed by atoms with Crippen molar-refractivity contribution < 1.29 is 18.7 Å². The topological polar surface area (TPSA) is 86.7 Å². The Bertz CT molecular complexity index is 668. The molecule has 20 heavy (non-hydrogen) atoms. The zero-order chi connectivity index (χ0) is 14.1. The van der Waals surface area contributed by atoms with Gasteiger partial charge in [-0.05, 0) is 28.1 Å². The Morgan fingerprint density at radius 3 is 2.55 bits per heavy atom. The van der Waals surface area contributed by atoms with Crippen molar-refractivity contribution >= 4 is 33.2 Å². The molecule has 104 valence electrons. The highest BCUT2D eigenvalue weighted by atomic mass is 79.9. The number of hydrogen-bond acceptors (Lipinski definition) is 5. The number of ether oxygens (including phenoxy) is 2. The molecule has 3 rings (SSSR count).